The molecule has 8 heteroatoms. The Morgan fingerprint density at radius 3 is 2.41 bits per heavy atom. The molecule has 3 aromatic rings. The minimum absolute atomic E-state index is 0.188. The number of hydrogen-bond acceptors (Lipinski definition) is 6. The number of aromatic nitrogens is 2. The molecule has 1 aliphatic rings. The van der Waals surface area contributed by atoms with E-state index in [4.69, 9.17) is 10.00 Å². The van der Waals surface area contributed by atoms with E-state index in [1.807, 2.05) is 24.3 Å². The minimum atomic E-state index is -0.506. The number of nitriles is 1. The Kier molecular flexibility index (Phi) is 5.22. The van der Waals surface area contributed by atoms with Crippen LogP contribution in [0.5, 0.6) is 6.01 Å². The van der Waals surface area contributed by atoms with Crippen molar-refractivity contribution in [3.63, 3.8) is 0 Å². The fourth-order valence-electron chi connectivity index (χ4n) is 3.33. The number of hydrogen-bond donors (Lipinski definition) is 0. The Morgan fingerprint density at radius 1 is 1.07 bits per heavy atom. The van der Waals surface area contributed by atoms with E-state index < -0.39 is 4.92 Å². The second kappa shape index (κ2) is 8.12. The van der Waals surface area contributed by atoms with Gasteiger partial charge in [0.2, 0.25) is 0 Å². The van der Waals surface area contributed by atoms with Gasteiger partial charge in [0.15, 0.2) is 0 Å². The first kappa shape index (κ1) is 18.7. The van der Waals surface area contributed by atoms with Crippen LogP contribution in [0, 0.1) is 21.4 Å². The SMILES string of the molecule is N#Cc1ccc(-c2ccc(CN3CCOc4nc([N+](=O)[O-])cn4CC3)cc2)cc1. The monoisotopic (exact) mass is 389 g/mol. The van der Waals surface area contributed by atoms with Gasteiger partial charge in [0.25, 0.3) is 0 Å². The summed E-state index contributed by atoms with van der Waals surface area (Å²) >= 11 is 0. The largest absolute Gasteiger partial charge is 0.444 e. The van der Waals surface area contributed by atoms with Gasteiger partial charge in [-0.3, -0.25) is 9.47 Å². The third-order valence-electron chi connectivity index (χ3n) is 4.92. The van der Waals surface area contributed by atoms with E-state index >= 15 is 0 Å². The van der Waals surface area contributed by atoms with Crippen LogP contribution in [0.4, 0.5) is 5.82 Å². The first-order valence-electron chi connectivity index (χ1n) is 9.28. The van der Waals surface area contributed by atoms with Gasteiger partial charge in [-0.05, 0) is 33.7 Å². The number of nitrogens with zero attached hydrogens (tertiary/aromatic N) is 5. The van der Waals surface area contributed by atoms with E-state index in [0.717, 1.165) is 30.8 Å². The summed E-state index contributed by atoms with van der Waals surface area (Å²) in [5.41, 5.74) is 4.00. The van der Waals surface area contributed by atoms with Gasteiger partial charge in [-0.1, -0.05) is 36.4 Å². The Bertz CT molecular complexity index is 1050. The van der Waals surface area contributed by atoms with Crippen LogP contribution in [-0.2, 0) is 13.1 Å². The third kappa shape index (κ3) is 4.25. The highest BCUT2D eigenvalue weighted by Crippen LogP contribution is 2.22. The Labute approximate surface area is 167 Å². The smallest absolute Gasteiger partial charge is 0.414 e. The number of fused-ring (bicyclic) bond motifs is 1. The van der Waals surface area contributed by atoms with Crippen LogP contribution in [0.2, 0.25) is 0 Å². The summed E-state index contributed by atoms with van der Waals surface area (Å²) in [5.74, 6) is -0.188. The zero-order valence-corrected chi connectivity index (χ0v) is 15.7. The van der Waals surface area contributed by atoms with E-state index in [2.05, 4.69) is 40.2 Å². The van der Waals surface area contributed by atoms with Crippen molar-refractivity contribution in [1.82, 2.24) is 14.5 Å². The van der Waals surface area contributed by atoms with Crippen LogP contribution in [0.15, 0.2) is 54.7 Å². The molecule has 29 heavy (non-hydrogen) atoms. The molecule has 8 nitrogen and oxygen atoms in total. The van der Waals surface area contributed by atoms with Crippen LogP contribution < -0.4 is 4.74 Å². The standard InChI is InChI=1S/C21H19N5O3/c22-13-16-1-5-18(6-2-16)19-7-3-17(4-8-19)14-24-9-10-25-15-20(26(27)28)23-21(25)29-12-11-24/h1-8,15H,9-12,14H2. The lowest BCUT2D eigenvalue weighted by Gasteiger charge is -2.24. The lowest BCUT2D eigenvalue weighted by molar-refractivity contribution is -0.389. The van der Waals surface area contributed by atoms with Gasteiger partial charge < -0.3 is 14.9 Å². The first-order chi connectivity index (χ1) is 14.1. The average molecular weight is 389 g/mol. The summed E-state index contributed by atoms with van der Waals surface area (Å²) in [6, 6.07) is 18.3. The van der Waals surface area contributed by atoms with Gasteiger partial charge in [0.1, 0.15) is 12.8 Å². The van der Waals surface area contributed by atoms with Crippen molar-refractivity contribution in [3.8, 4) is 23.2 Å². The normalized spacial score (nSPS) is 14.2. The molecular formula is C21H19N5O3. The third-order valence-corrected chi connectivity index (χ3v) is 4.92. The maximum Gasteiger partial charge on any atom is 0.414 e. The zero-order valence-electron chi connectivity index (χ0n) is 15.7. The average Bonchev–Trinajstić information content (AvgIpc) is 3.13. The molecule has 0 amide bonds. The highest BCUT2D eigenvalue weighted by molar-refractivity contribution is 5.64. The number of rotatable bonds is 4. The molecule has 146 valence electrons. The molecule has 1 aliphatic heterocycles. The molecule has 0 saturated heterocycles. The molecule has 1 aromatic heterocycles. The summed E-state index contributed by atoms with van der Waals surface area (Å²) in [7, 11) is 0. The second-order valence-electron chi connectivity index (χ2n) is 6.84. The second-order valence-corrected chi connectivity index (χ2v) is 6.84. The molecule has 2 aromatic carbocycles. The van der Waals surface area contributed by atoms with Crippen molar-refractivity contribution in [2.75, 3.05) is 19.7 Å². The lowest BCUT2D eigenvalue weighted by Crippen LogP contribution is -2.33. The molecule has 0 fully saturated rings. The molecule has 0 aliphatic carbocycles. The van der Waals surface area contributed by atoms with Gasteiger partial charge in [0, 0.05) is 31.2 Å². The summed E-state index contributed by atoms with van der Waals surface area (Å²) in [6.07, 6.45) is 1.42. The molecule has 0 saturated carbocycles. The van der Waals surface area contributed by atoms with E-state index in [1.165, 1.54) is 11.8 Å². The number of imidazole rings is 1. The van der Waals surface area contributed by atoms with Crippen LogP contribution >= 0.6 is 0 Å². The van der Waals surface area contributed by atoms with Crippen molar-refractivity contribution in [3.05, 3.63) is 76.0 Å². The van der Waals surface area contributed by atoms with Gasteiger partial charge in [-0.2, -0.15) is 5.26 Å². The molecule has 0 unspecified atom stereocenters. The zero-order chi connectivity index (χ0) is 20.2. The predicted molar refractivity (Wildman–Crippen MR) is 106 cm³/mol. The van der Waals surface area contributed by atoms with Crippen LogP contribution in [0.1, 0.15) is 11.1 Å². The Hall–Kier alpha value is -3.70. The van der Waals surface area contributed by atoms with Gasteiger partial charge in [-0.25, -0.2) is 0 Å². The van der Waals surface area contributed by atoms with Crippen molar-refractivity contribution >= 4 is 5.82 Å². The van der Waals surface area contributed by atoms with E-state index in [1.54, 1.807) is 4.57 Å². The maximum atomic E-state index is 10.9. The Balaban J connectivity index is 1.41. The van der Waals surface area contributed by atoms with E-state index in [-0.39, 0.29) is 5.82 Å². The summed E-state index contributed by atoms with van der Waals surface area (Å²) < 4.78 is 7.30. The fourth-order valence-corrected chi connectivity index (χ4v) is 3.33. The van der Waals surface area contributed by atoms with E-state index in [0.29, 0.717) is 24.7 Å². The highest BCUT2D eigenvalue weighted by atomic mass is 16.6. The van der Waals surface area contributed by atoms with Gasteiger partial charge in [-0.15, -0.1) is 0 Å². The summed E-state index contributed by atoms with van der Waals surface area (Å²) in [5, 5.41) is 19.8. The molecular weight excluding hydrogens is 370 g/mol. The lowest BCUT2D eigenvalue weighted by atomic mass is 10.0. The van der Waals surface area contributed by atoms with Crippen LogP contribution in [0.3, 0.4) is 0 Å². The molecule has 0 atom stereocenters. The fraction of sp³-hybridized carbons (Fsp3) is 0.238. The quantitative estimate of drug-likeness (QED) is 0.502. The molecule has 0 bridgehead atoms. The van der Waals surface area contributed by atoms with Gasteiger partial charge in [0.05, 0.1) is 11.6 Å². The minimum Gasteiger partial charge on any atom is -0.444 e. The van der Waals surface area contributed by atoms with Crippen molar-refractivity contribution in [1.29, 1.82) is 5.26 Å². The molecule has 4 rings (SSSR count). The van der Waals surface area contributed by atoms with Crippen molar-refractivity contribution in [2.45, 2.75) is 13.1 Å². The number of nitro groups is 1. The van der Waals surface area contributed by atoms with E-state index in [9.17, 15) is 10.1 Å². The number of benzene rings is 2. The predicted octanol–water partition coefficient (Wildman–Crippen LogP) is 3.22. The van der Waals surface area contributed by atoms with Crippen molar-refractivity contribution < 1.29 is 9.66 Å². The maximum absolute atomic E-state index is 10.9. The highest BCUT2D eigenvalue weighted by Gasteiger charge is 2.22. The summed E-state index contributed by atoms with van der Waals surface area (Å²) in [6.45, 7) is 3.25. The summed E-state index contributed by atoms with van der Waals surface area (Å²) in [4.78, 5) is 16.6. The topological polar surface area (TPSA) is 97.2 Å². The van der Waals surface area contributed by atoms with Crippen LogP contribution in [-0.4, -0.2) is 39.1 Å². The first-order valence-corrected chi connectivity index (χ1v) is 9.28. The number of ether oxygens (including phenoxy) is 1. The Morgan fingerprint density at radius 2 is 1.76 bits per heavy atom. The molecule has 0 spiro atoms. The molecule has 2 heterocycles. The van der Waals surface area contributed by atoms with Crippen LogP contribution in [0.25, 0.3) is 11.1 Å². The molecule has 0 radical (unpaired) electrons. The van der Waals surface area contributed by atoms with Gasteiger partial charge >= 0.3 is 11.8 Å². The molecule has 0 N–H and O–H groups in total. The van der Waals surface area contributed by atoms with Crippen molar-refractivity contribution in [2.24, 2.45) is 0 Å².